The molecule has 3 rings (SSSR count). The van der Waals surface area contributed by atoms with Crippen molar-refractivity contribution in [1.29, 1.82) is 0 Å². The van der Waals surface area contributed by atoms with E-state index in [1.807, 2.05) is 69.3 Å². The van der Waals surface area contributed by atoms with E-state index in [1.54, 1.807) is 0 Å². The standard InChI is InChI=1S/C20H30N6O/c1-23(2)14-18-21-22-19(25(18)5)16-9-7-11-26(13-16)20(27)15-8-6-10-17(12-15)24(3)4/h6,8,10,12,16H,7,9,11,13-14H2,1-5H3/t16-/m1/s1. The minimum atomic E-state index is 0.0964. The zero-order valence-corrected chi connectivity index (χ0v) is 17.0. The number of carbonyl (C=O) groups excluding carboxylic acids is 1. The summed E-state index contributed by atoms with van der Waals surface area (Å²) in [6, 6.07) is 7.82. The Morgan fingerprint density at radius 1 is 1.22 bits per heavy atom. The van der Waals surface area contributed by atoms with Gasteiger partial charge in [0, 0.05) is 51.4 Å². The van der Waals surface area contributed by atoms with Crippen molar-refractivity contribution in [3.05, 3.63) is 41.5 Å². The van der Waals surface area contributed by atoms with Crippen molar-refractivity contribution < 1.29 is 4.79 Å². The molecule has 7 heteroatoms. The number of rotatable bonds is 5. The number of nitrogens with zero attached hydrogens (tertiary/aromatic N) is 6. The van der Waals surface area contributed by atoms with Gasteiger partial charge in [-0.3, -0.25) is 4.79 Å². The molecule has 1 aliphatic rings. The Bertz CT molecular complexity index is 798. The molecule has 1 aromatic heterocycles. The van der Waals surface area contributed by atoms with Crippen LogP contribution < -0.4 is 4.90 Å². The van der Waals surface area contributed by atoms with Crippen LogP contribution in [0.15, 0.2) is 24.3 Å². The van der Waals surface area contributed by atoms with E-state index in [-0.39, 0.29) is 11.8 Å². The summed E-state index contributed by atoms with van der Waals surface area (Å²) in [6.45, 7) is 2.25. The predicted molar refractivity (Wildman–Crippen MR) is 107 cm³/mol. The first-order valence-corrected chi connectivity index (χ1v) is 9.46. The van der Waals surface area contributed by atoms with E-state index in [9.17, 15) is 4.79 Å². The average molecular weight is 371 g/mol. The second-order valence-electron chi connectivity index (χ2n) is 7.81. The summed E-state index contributed by atoms with van der Waals surface area (Å²) < 4.78 is 2.09. The van der Waals surface area contributed by atoms with E-state index in [0.29, 0.717) is 6.54 Å². The summed E-state index contributed by atoms with van der Waals surface area (Å²) in [4.78, 5) is 19.1. The topological polar surface area (TPSA) is 57.5 Å². The van der Waals surface area contributed by atoms with Gasteiger partial charge in [0.2, 0.25) is 0 Å². The fourth-order valence-electron chi connectivity index (χ4n) is 3.62. The molecule has 1 aromatic carbocycles. The summed E-state index contributed by atoms with van der Waals surface area (Å²) in [7, 11) is 10.0. The van der Waals surface area contributed by atoms with E-state index in [2.05, 4.69) is 19.7 Å². The number of amides is 1. The molecular formula is C20H30N6O. The lowest BCUT2D eigenvalue weighted by molar-refractivity contribution is 0.0703. The minimum Gasteiger partial charge on any atom is -0.378 e. The number of benzene rings is 1. The first-order chi connectivity index (χ1) is 12.9. The van der Waals surface area contributed by atoms with Crippen LogP contribution in [0.4, 0.5) is 5.69 Å². The van der Waals surface area contributed by atoms with E-state index in [1.165, 1.54) is 0 Å². The van der Waals surface area contributed by atoms with Crippen LogP contribution in [0.1, 0.15) is 40.8 Å². The monoisotopic (exact) mass is 370 g/mol. The van der Waals surface area contributed by atoms with Crippen LogP contribution in [0.25, 0.3) is 0 Å². The second-order valence-corrected chi connectivity index (χ2v) is 7.81. The van der Waals surface area contributed by atoms with Gasteiger partial charge < -0.3 is 19.3 Å². The summed E-state index contributed by atoms with van der Waals surface area (Å²) >= 11 is 0. The van der Waals surface area contributed by atoms with Crippen LogP contribution in [0.3, 0.4) is 0 Å². The number of likely N-dealkylation sites (tertiary alicyclic amines) is 1. The van der Waals surface area contributed by atoms with E-state index < -0.39 is 0 Å². The van der Waals surface area contributed by atoms with Gasteiger partial charge in [0.25, 0.3) is 5.91 Å². The van der Waals surface area contributed by atoms with Gasteiger partial charge in [-0.25, -0.2) is 0 Å². The molecule has 2 heterocycles. The smallest absolute Gasteiger partial charge is 0.253 e. The second kappa shape index (κ2) is 8.08. The van der Waals surface area contributed by atoms with E-state index >= 15 is 0 Å². The van der Waals surface area contributed by atoms with Gasteiger partial charge in [0.1, 0.15) is 11.6 Å². The van der Waals surface area contributed by atoms with Gasteiger partial charge >= 0.3 is 0 Å². The number of hydrogen-bond donors (Lipinski definition) is 0. The maximum atomic E-state index is 13.0. The van der Waals surface area contributed by atoms with Crippen LogP contribution in [0, 0.1) is 0 Å². The highest BCUT2D eigenvalue weighted by Crippen LogP contribution is 2.27. The number of aromatic nitrogens is 3. The molecule has 0 N–H and O–H groups in total. The lowest BCUT2D eigenvalue weighted by Gasteiger charge is -2.32. The fourth-order valence-corrected chi connectivity index (χ4v) is 3.62. The molecular weight excluding hydrogens is 340 g/mol. The molecule has 1 atom stereocenters. The Balaban J connectivity index is 1.75. The quantitative estimate of drug-likeness (QED) is 0.805. The molecule has 0 saturated carbocycles. The van der Waals surface area contributed by atoms with Gasteiger partial charge in [0.05, 0.1) is 6.54 Å². The maximum absolute atomic E-state index is 13.0. The molecule has 1 saturated heterocycles. The average Bonchev–Trinajstić information content (AvgIpc) is 3.01. The van der Waals surface area contributed by atoms with Crippen molar-refractivity contribution >= 4 is 11.6 Å². The van der Waals surface area contributed by atoms with Crippen LogP contribution in [0.2, 0.25) is 0 Å². The molecule has 1 amide bonds. The molecule has 0 unspecified atom stereocenters. The van der Waals surface area contributed by atoms with Crippen LogP contribution in [-0.4, -0.2) is 71.8 Å². The zero-order chi connectivity index (χ0) is 19.6. The lowest BCUT2D eigenvalue weighted by atomic mass is 9.96. The number of hydrogen-bond acceptors (Lipinski definition) is 5. The molecule has 7 nitrogen and oxygen atoms in total. The molecule has 27 heavy (non-hydrogen) atoms. The van der Waals surface area contributed by atoms with Crippen molar-refractivity contribution in [3.8, 4) is 0 Å². The lowest BCUT2D eigenvalue weighted by Crippen LogP contribution is -2.39. The van der Waals surface area contributed by atoms with E-state index in [4.69, 9.17) is 0 Å². The normalized spacial score (nSPS) is 17.4. The van der Waals surface area contributed by atoms with Crippen LogP contribution in [0.5, 0.6) is 0 Å². The largest absolute Gasteiger partial charge is 0.378 e. The maximum Gasteiger partial charge on any atom is 0.253 e. The van der Waals surface area contributed by atoms with Gasteiger partial charge in [-0.2, -0.15) is 0 Å². The molecule has 146 valence electrons. The highest BCUT2D eigenvalue weighted by atomic mass is 16.2. The van der Waals surface area contributed by atoms with Crippen molar-refractivity contribution in [2.45, 2.75) is 25.3 Å². The van der Waals surface area contributed by atoms with Crippen molar-refractivity contribution in [2.75, 3.05) is 46.2 Å². The third kappa shape index (κ3) is 4.30. The fraction of sp³-hybridized carbons (Fsp3) is 0.550. The highest BCUT2D eigenvalue weighted by Gasteiger charge is 2.29. The third-order valence-corrected chi connectivity index (χ3v) is 5.14. The van der Waals surface area contributed by atoms with Crippen molar-refractivity contribution in [3.63, 3.8) is 0 Å². The van der Waals surface area contributed by atoms with E-state index in [0.717, 1.165) is 48.8 Å². The van der Waals surface area contributed by atoms with Crippen molar-refractivity contribution in [2.24, 2.45) is 7.05 Å². The first kappa shape index (κ1) is 19.4. The van der Waals surface area contributed by atoms with Crippen LogP contribution in [-0.2, 0) is 13.6 Å². The molecule has 1 aliphatic heterocycles. The molecule has 0 bridgehead atoms. The minimum absolute atomic E-state index is 0.0964. The summed E-state index contributed by atoms with van der Waals surface area (Å²) in [6.07, 6.45) is 2.02. The number of carbonyl (C=O) groups is 1. The van der Waals surface area contributed by atoms with Crippen molar-refractivity contribution in [1.82, 2.24) is 24.6 Å². The van der Waals surface area contributed by atoms with Crippen LogP contribution >= 0.6 is 0 Å². The van der Waals surface area contributed by atoms with Gasteiger partial charge in [-0.15, -0.1) is 10.2 Å². The Hall–Kier alpha value is -2.41. The third-order valence-electron chi connectivity index (χ3n) is 5.14. The number of piperidine rings is 1. The summed E-state index contributed by atoms with van der Waals surface area (Å²) in [5.41, 5.74) is 1.78. The summed E-state index contributed by atoms with van der Waals surface area (Å²) in [5, 5.41) is 8.79. The Labute approximate surface area is 161 Å². The highest BCUT2D eigenvalue weighted by molar-refractivity contribution is 5.95. The Morgan fingerprint density at radius 2 is 2.00 bits per heavy atom. The number of anilines is 1. The molecule has 0 radical (unpaired) electrons. The molecule has 2 aromatic rings. The zero-order valence-electron chi connectivity index (χ0n) is 17.0. The molecule has 1 fully saturated rings. The molecule has 0 spiro atoms. The van der Waals surface area contributed by atoms with Gasteiger partial charge in [-0.1, -0.05) is 6.07 Å². The molecule has 0 aliphatic carbocycles. The summed E-state index contributed by atoms with van der Waals surface area (Å²) in [5.74, 6) is 2.26. The predicted octanol–water partition coefficient (Wildman–Crippen LogP) is 1.96. The Morgan fingerprint density at radius 3 is 2.70 bits per heavy atom. The SMILES string of the molecule is CN(C)Cc1nnc([C@@H]2CCCN(C(=O)c3cccc(N(C)C)c3)C2)n1C. The van der Waals surface area contributed by atoms with Gasteiger partial charge in [0.15, 0.2) is 0 Å². The van der Waals surface area contributed by atoms with Gasteiger partial charge in [-0.05, 0) is 45.1 Å². The first-order valence-electron chi connectivity index (χ1n) is 9.46. The Kier molecular flexibility index (Phi) is 5.79.